The van der Waals surface area contributed by atoms with Gasteiger partial charge in [0, 0.05) is 19.0 Å². The van der Waals surface area contributed by atoms with Crippen LogP contribution in [0.4, 0.5) is 0 Å². The minimum atomic E-state index is -0.716. The second-order valence-corrected chi connectivity index (χ2v) is 7.39. The molecular formula is C17H28N2O. The van der Waals surface area contributed by atoms with Gasteiger partial charge in [-0.1, -0.05) is 19.8 Å². The topological polar surface area (TPSA) is 47.3 Å². The third-order valence-electron chi connectivity index (χ3n) is 6.46. The minimum absolute atomic E-state index is 0.332. The maximum absolute atomic E-state index is 11.4. The van der Waals surface area contributed by atoms with E-state index in [0.29, 0.717) is 5.92 Å². The van der Waals surface area contributed by atoms with Crippen LogP contribution in [0.15, 0.2) is 0 Å². The molecule has 0 aromatic carbocycles. The molecule has 2 aliphatic heterocycles. The van der Waals surface area contributed by atoms with E-state index < -0.39 is 11.0 Å². The van der Waals surface area contributed by atoms with Crippen LogP contribution in [0.1, 0.15) is 58.3 Å². The molecule has 3 atom stereocenters. The highest BCUT2D eigenvalue weighted by atomic mass is 16.3. The SMILES string of the molecule is CCCC1CCC(C#N)(C2(O)CCN3CCC2C3)CC1. The summed E-state index contributed by atoms with van der Waals surface area (Å²) in [5.41, 5.74) is -1.18. The Bertz CT molecular complexity index is 394. The lowest BCUT2D eigenvalue weighted by Crippen LogP contribution is -2.58. The van der Waals surface area contributed by atoms with Gasteiger partial charge in [-0.15, -0.1) is 0 Å². The predicted molar refractivity (Wildman–Crippen MR) is 79.0 cm³/mol. The molecule has 0 spiro atoms. The highest BCUT2D eigenvalue weighted by Gasteiger charge is 2.58. The van der Waals surface area contributed by atoms with Crippen LogP contribution in [-0.4, -0.2) is 35.2 Å². The van der Waals surface area contributed by atoms with E-state index in [9.17, 15) is 10.4 Å². The third kappa shape index (κ3) is 2.09. The second kappa shape index (κ2) is 5.31. The zero-order valence-corrected chi connectivity index (χ0v) is 12.8. The monoisotopic (exact) mass is 276 g/mol. The van der Waals surface area contributed by atoms with Crippen molar-refractivity contribution < 1.29 is 5.11 Å². The lowest BCUT2D eigenvalue weighted by Gasteiger charge is -2.51. The molecule has 0 aromatic rings. The summed E-state index contributed by atoms with van der Waals surface area (Å²) < 4.78 is 0. The van der Waals surface area contributed by atoms with Crippen molar-refractivity contribution in [2.24, 2.45) is 17.3 Å². The van der Waals surface area contributed by atoms with Crippen molar-refractivity contribution in [3.8, 4) is 6.07 Å². The maximum atomic E-state index is 11.4. The first-order chi connectivity index (χ1) is 9.63. The summed E-state index contributed by atoms with van der Waals surface area (Å²) in [7, 11) is 0. The van der Waals surface area contributed by atoms with E-state index in [-0.39, 0.29) is 0 Å². The molecule has 2 heterocycles. The van der Waals surface area contributed by atoms with Crippen molar-refractivity contribution in [3.05, 3.63) is 0 Å². The van der Waals surface area contributed by atoms with Crippen molar-refractivity contribution in [2.45, 2.75) is 63.9 Å². The Balaban J connectivity index is 1.78. The van der Waals surface area contributed by atoms with Crippen molar-refractivity contribution >= 4 is 0 Å². The highest BCUT2D eigenvalue weighted by molar-refractivity contribution is 5.17. The fraction of sp³-hybridized carbons (Fsp3) is 0.941. The molecule has 0 radical (unpaired) electrons. The van der Waals surface area contributed by atoms with Crippen LogP contribution in [0.5, 0.6) is 0 Å². The Morgan fingerprint density at radius 2 is 1.95 bits per heavy atom. The lowest BCUT2D eigenvalue weighted by molar-refractivity contribution is -0.136. The van der Waals surface area contributed by atoms with E-state index in [1.54, 1.807) is 0 Å². The number of fused-ring (bicyclic) bond motifs is 2. The zero-order valence-electron chi connectivity index (χ0n) is 12.8. The molecule has 0 aromatic heterocycles. The quantitative estimate of drug-likeness (QED) is 0.862. The standard InChI is InChI=1S/C17H28N2O/c1-2-3-14-4-7-16(13-18,8-5-14)17(20)9-11-19-10-6-15(17)12-19/h14-15,20H,2-12H2,1H3. The van der Waals surface area contributed by atoms with Gasteiger partial charge in [-0.2, -0.15) is 5.26 Å². The van der Waals surface area contributed by atoms with Gasteiger partial charge in [0.15, 0.2) is 0 Å². The molecule has 1 aliphatic carbocycles. The van der Waals surface area contributed by atoms with Crippen molar-refractivity contribution in [2.75, 3.05) is 19.6 Å². The molecule has 3 nitrogen and oxygen atoms in total. The van der Waals surface area contributed by atoms with E-state index in [0.717, 1.165) is 64.1 Å². The molecule has 3 fully saturated rings. The van der Waals surface area contributed by atoms with Gasteiger partial charge in [-0.05, 0) is 51.0 Å². The van der Waals surface area contributed by atoms with Gasteiger partial charge in [0.1, 0.15) is 0 Å². The van der Waals surface area contributed by atoms with Gasteiger partial charge >= 0.3 is 0 Å². The van der Waals surface area contributed by atoms with Gasteiger partial charge in [0.25, 0.3) is 0 Å². The van der Waals surface area contributed by atoms with Crippen LogP contribution in [0.3, 0.4) is 0 Å². The van der Waals surface area contributed by atoms with Crippen molar-refractivity contribution in [1.82, 2.24) is 4.90 Å². The number of rotatable bonds is 3. The molecule has 1 saturated carbocycles. The van der Waals surface area contributed by atoms with Crippen LogP contribution in [0.2, 0.25) is 0 Å². The van der Waals surface area contributed by atoms with E-state index in [1.165, 1.54) is 12.8 Å². The molecule has 3 rings (SSSR count). The Morgan fingerprint density at radius 3 is 2.60 bits per heavy atom. The highest BCUT2D eigenvalue weighted by Crippen LogP contribution is 2.54. The Morgan fingerprint density at radius 1 is 1.20 bits per heavy atom. The first-order valence-corrected chi connectivity index (χ1v) is 8.49. The van der Waals surface area contributed by atoms with Crippen molar-refractivity contribution in [3.63, 3.8) is 0 Å². The summed E-state index contributed by atoms with van der Waals surface area (Å²) >= 11 is 0. The number of piperidine rings is 1. The largest absolute Gasteiger partial charge is 0.388 e. The Hall–Kier alpha value is -0.590. The molecule has 2 bridgehead atoms. The van der Waals surface area contributed by atoms with Gasteiger partial charge in [0.05, 0.1) is 17.1 Å². The number of nitriles is 1. The van der Waals surface area contributed by atoms with E-state index in [1.807, 2.05) is 0 Å². The molecule has 1 N–H and O–H groups in total. The van der Waals surface area contributed by atoms with Crippen molar-refractivity contribution in [1.29, 1.82) is 5.26 Å². The molecular weight excluding hydrogens is 248 g/mol. The van der Waals surface area contributed by atoms with E-state index >= 15 is 0 Å². The molecule has 3 unspecified atom stereocenters. The summed E-state index contributed by atoms with van der Waals surface area (Å²) in [4.78, 5) is 2.45. The first kappa shape index (κ1) is 14.4. The van der Waals surface area contributed by atoms with Gasteiger partial charge in [-0.25, -0.2) is 0 Å². The van der Waals surface area contributed by atoms with Crippen LogP contribution < -0.4 is 0 Å². The molecule has 3 heteroatoms. The van der Waals surface area contributed by atoms with Crippen LogP contribution in [0, 0.1) is 28.6 Å². The normalized spacial score (nSPS) is 48.0. The van der Waals surface area contributed by atoms with E-state index in [4.69, 9.17) is 0 Å². The van der Waals surface area contributed by atoms with Crippen LogP contribution in [0.25, 0.3) is 0 Å². The fourth-order valence-electron chi connectivity index (χ4n) is 5.10. The predicted octanol–water partition coefficient (Wildman–Crippen LogP) is 2.94. The molecule has 20 heavy (non-hydrogen) atoms. The number of nitrogens with zero attached hydrogens (tertiary/aromatic N) is 2. The average molecular weight is 276 g/mol. The van der Waals surface area contributed by atoms with Gasteiger partial charge in [-0.3, -0.25) is 0 Å². The maximum Gasteiger partial charge on any atom is 0.0886 e. The number of hydrogen-bond donors (Lipinski definition) is 1. The fourth-order valence-corrected chi connectivity index (χ4v) is 5.10. The average Bonchev–Trinajstić information content (AvgIpc) is 2.89. The van der Waals surface area contributed by atoms with Crippen LogP contribution >= 0.6 is 0 Å². The molecule has 112 valence electrons. The summed E-state index contributed by atoms with van der Waals surface area (Å²) in [5.74, 6) is 1.12. The Labute approximate surface area is 123 Å². The zero-order chi connectivity index (χ0) is 14.2. The second-order valence-electron chi connectivity index (χ2n) is 7.39. The minimum Gasteiger partial charge on any atom is -0.388 e. The molecule has 2 saturated heterocycles. The van der Waals surface area contributed by atoms with Crippen LogP contribution in [-0.2, 0) is 0 Å². The molecule has 0 amide bonds. The summed E-state index contributed by atoms with van der Waals surface area (Å²) in [6.07, 6.45) is 8.54. The third-order valence-corrected chi connectivity index (χ3v) is 6.46. The van der Waals surface area contributed by atoms with E-state index in [2.05, 4.69) is 17.9 Å². The number of aliphatic hydroxyl groups is 1. The lowest BCUT2D eigenvalue weighted by atomic mass is 9.56. The molecule has 3 aliphatic rings. The first-order valence-electron chi connectivity index (χ1n) is 8.49. The smallest absolute Gasteiger partial charge is 0.0886 e. The van der Waals surface area contributed by atoms with Gasteiger partial charge in [0.2, 0.25) is 0 Å². The summed E-state index contributed by atoms with van der Waals surface area (Å²) in [6.45, 7) is 5.36. The Kier molecular flexibility index (Phi) is 3.81. The van der Waals surface area contributed by atoms with Gasteiger partial charge < -0.3 is 10.0 Å². The summed E-state index contributed by atoms with van der Waals surface area (Å²) in [5, 5.41) is 21.3. The summed E-state index contributed by atoms with van der Waals surface area (Å²) in [6, 6.07) is 2.60. The number of hydrogen-bond acceptors (Lipinski definition) is 3.